The highest BCUT2D eigenvalue weighted by molar-refractivity contribution is 5.82. The number of nitrogens with one attached hydrogen (secondary N) is 1. The molecule has 1 saturated heterocycles. The van der Waals surface area contributed by atoms with Gasteiger partial charge in [0.2, 0.25) is 0 Å². The summed E-state index contributed by atoms with van der Waals surface area (Å²) < 4.78 is 2.11. The third-order valence-corrected chi connectivity index (χ3v) is 3.65. The van der Waals surface area contributed by atoms with Gasteiger partial charge in [0.05, 0.1) is 11.7 Å². The van der Waals surface area contributed by atoms with E-state index >= 15 is 0 Å². The molecule has 3 rings (SSSR count). The van der Waals surface area contributed by atoms with Crippen molar-refractivity contribution < 1.29 is 0 Å². The molecule has 0 atom stereocenters. The van der Waals surface area contributed by atoms with Crippen LogP contribution in [0, 0.1) is 5.92 Å². The zero-order chi connectivity index (χ0) is 13.2. The molecule has 1 N–H and O–H groups in total. The Kier molecular flexibility index (Phi) is 3.42. The summed E-state index contributed by atoms with van der Waals surface area (Å²) in [7, 11) is 0. The molecule has 0 amide bonds. The molecule has 1 aromatic heterocycles. The normalized spacial score (nSPS) is 16.5. The van der Waals surface area contributed by atoms with Crippen molar-refractivity contribution in [3.05, 3.63) is 24.4 Å². The number of hydrogen-bond acceptors (Lipinski definition) is 3. The lowest BCUT2D eigenvalue weighted by Gasteiger charge is -2.29. The Bertz CT molecular complexity index is 552. The van der Waals surface area contributed by atoms with E-state index in [1.807, 2.05) is 6.20 Å². The minimum Gasteiger partial charge on any atom is -0.369 e. The largest absolute Gasteiger partial charge is 0.369 e. The molecule has 0 radical (unpaired) electrons. The first-order valence-electron chi connectivity index (χ1n) is 7.15. The molecule has 0 aliphatic carbocycles. The van der Waals surface area contributed by atoms with Crippen LogP contribution < -0.4 is 10.2 Å². The standard InChI is InChI=1S/C15H22N4/c1-12(2)11-19-15-4-3-14(9-13(15)10-17-19)18-7-5-16-6-8-18/h3-4,9-10,12,16H,5-8,11H2,1-2H3. The van der Waals surface area contributed by atoms with Gasteiger partial charge in [-0.2, -0.15) is 5.10 Å². The summed E-state index contributed by atoms with van der Waals surface area (Å²) in [6, 6.07) is 6.71. The van der Waals surface area contributed by atoms with Gasteiger partial charge in [-0.1, -0.05) is 13.8 Å². The Morgan fingerprint density at radius 2 is 2.05 bits per heavy atom. The molecule has 1 aromatic carbocycles. The average molecular weight is 258 g/mol. The predicted octanol–water partition coefficient (Wildman–Crippen LogP) is 2.10. The number of rotatable bonds is 3. The van der Waals surface area contributed by atoms with Crippen LogP contribution in [0.3, 0.4) is 0 Å². The van der Waals surface area contributed by atoms with Gasteiger partial charge in [-0.3, -0.25) is 4.68 Å². The van der Waals surface area contributed by atoms with E-state index in [9.17, 15) is 0 Å². The number of aromatic nitrogens is 2. The van der Waals surface area contributed by atoms with Gasteiger partial charge in [-0.15, -0.1) is 0 Å². The minimum absolute atomic E-state index is 0.621. The monoisotopic (exact) mass is 258 g/mol. The predicted molar refractivity (Wildman–Crippen MR) is 79.7 cm³/mol. The number of benzene rings is 1. The highest BCUT2D eigenvalue weighted by atomic mass is 15.3. The first kappa shape index (κ1) is 12.5. The maximum atomic E-state index is 4.51. The second kappa shape index (κ2) is 5.21. The van der Waals surface area contributed by atoms with E-state index in [0.717, 1.165) is 32.7 Å². The van der Waals surface area contributed by atoms with Crippen LogP contribution in [0.4, 0.5) is 5.69 Å². The summed E-state index contributed by atoms with van der Waals surface area (Å²) in [4.78, 5) is 2.44. The molecule has 1 fully saturated rings. The van der Waals surface area contributed by atoms with Crippen LogP contribution in [0.1, 0.15) is 13.8 Å². The van der Waals surface area contributed by atoms with E-state index in [4.69, 9.17) is 0 Å². The SMILES string of the molecule is CC(C)Cn1ncc2cc(N3CCNCC3)ccc21. The lowest BCUT2D eigenvalue weighted by atomic mass is 10.2. The molecule has 0 saturated carbocycles. The van der Waals surface area contributed by atoms with Gasteiger partial charge in [-0.25, -0.2) is 0 Å². The molecule has 2 aromatic rings. The van der Waals surface area contributed by atoms with Gasteiger partial charge >= 0.3 is 0 Å². The summed E-state index contributed by atoms with van der Waals surface area (Å²) in [5, 5.41) is 9.14. The summed E-state index contributed by atoms with van der Waals surface area (Å²) >= 11 is 0. The van der Waals surface area contributed by atoms with Crippen molar-refractivity contribution in [1.82, 2.24) is 15.1 Å². The number of hydrogen-bond donors (Lipinski definition) is 1. The van der Waals surface area contributed by atoms with Crippen molar-refractivity contribution in [1.29, 1.82) is 0 Å². The average Bonchev–Trinajstić information content (AvgIpc) is 2.81. The van der Waals surface area contributed by atoms with E-state index in [2.05, 4.69) is 52.0 Å². The Morgan fingerprint density at radius 1 is 1.26 bits per heavy atom. The highest BCUT2D eigenvalue weighted by Gasteiger charge is 2.12. The third-order valence-electron chi connectivity index (χ3n) is 3.65. The number of anilines is 1. The molecule has 0 bridgehead atoms. The first-order chi connectivity index (χ1) is 9.24. The van der Waals surface area contributed by atoms with Crippen LogP contribution in [0.5, 0.6) is 0 Å². The van der Waals surface area contributed by atoms with Crippen LogP contribution in [0.25, 0.3) is 10.9 Å². The molecule has 4 heteroatoms. The van der Waals surface area contributed by atoms with Crippen LogP contribution >= 0.6 is 0 Å². The summed E-state index contributed by atoms with van der Waals surface area (Å²) in [6.45, 7) is 9.76. The molecular formula is C15H22N4. The van der Waals surface area contributed by atoms with Crippen molar-refractivity contribution >= 4 is 16.6 Å². The van der Waals surface area contributed by atoms with Gasteiger partial charge in [0.25, 0.3) is 0 Å². The van der Waals surface area contributed by atoms with Crippen molar-refractivity contribution in [2.45, 2.75) is 20.4 Å². The highest BCUT2D eigenvalue weighted by Crippen LogP contribution is 2.23. The molecular weight excluding hydrogens is 236 g/mol. The maximum absolute atomic E-state index is 4.51. The molecule has 1 aliphatic rings. The zero-order valence-electron chi connectivity index (χ0n) is 11.8. The van der Waals surface area contributed by atoms with E-state index < -0.39 is 0 Å². The van der Waals surface area contributed by atoms with Crippen LogP contribution in [-0.4, -0.2) is 36.0 Å². The first-order valence-corrected chi connectivity index (χ1v) is 7.15. The van der Waals surface area contributed by atoms with Crippen molar-refractivity contribution in [3.63, 3.8) is 0 Å². The quantitative estimate of drug-likeness (QED) is 0.915. The Morgan fingerprint density at radius 3 is 2.79 bits per heavy atom. The lowest BCUT2D eigenvalue weighted by molar-refractivity contribution is 0.495. The second-order valence-electron chi connectivity index (χ2n) is 5.70. The van der Waals surface area contributed by atoms with E-state index in [1.54, 1.807) is 0 Å². The number of nitrogens with zero attached hydrogens (tertiary/aromatic N) is 3. The van der Waals surface area contributed by atoms with Crippen LogP contribution in [0.15, 0.2) is 24.4 Å². The molecule has 1 aliphatic heterocycles. The van der Waals surface area contributed by atoms with Gasteiger partial charge < -0.3 is 10.2 Å². The fourth-order valence-electron chi connectivity index (χ4n) is 2.69. The molecule has 19 heavy (non-hydrogen) atoms. The fraction of sp³-hybridized carbons (Fsp3) is 0.533. The maximum Gasteiger partial charge on any atom is 0.0684 e. The van der Waals surface area contributed by atoms with Crippen LogP contribution in [-0.2, 0) is 6.54 Å². The zero-order valence-corrected chi connectivity index (χ0v) is 11.8. The lowest BCUT2D eigenvalue weighted by Crippen LogP contribution is -2.43. The Balaban J connectivity index is 1.89. The summed E-state index contributed by atoms with van der Waals surface area (Å²) in [6.07, 6.45) is 1.99. The minimum atomic E-state index is 0.621. The third kappa shape index (κ3) is 2.59. The number of fused-ring (bicyclic) bond motifs is 1. The second-order valence-corrected chi connectivity index (χ2v) is 5.70. The van der Waals surface area contributed by atoms with Crippen molar-refractivity contribution in [2.75, 3.05) is 31.1 Å². The van der Waals surface area contributed by atoms with Gasteiger partial charge in [0.15, 0.2) is 0 Å². The number of piperazine rings is 1. The molecule has 2 heterocycles. The smallest absolute Gasteiger partial charge is 0.0684 e. The van der Waals surface area contributed by atoms with E-state index in [1.165, 1.54) is 16.6 Å². The molecule has 0 spiro atoms. The Hall–Kier alpha value is -1.55. The van der Waals surface area contributed by atoms with Crippen molar-refractivity contribution in [3.8, 4) is 0 Å². The summed E-state index contributed by atoms with van der Waals surface area (Å²) in [5.74, 6) is 0.621. The molecule has 102 valence electrons. The van der Waals surface area contributed by atoms with Gasteiger partial charge in [0.1, 0.15) is 0 Å². The Labute approximate surface area is 114 Å². The van der Waals surface area contributed by atoms with Crippen molar-refractivity contribution in [2.24, 2.45) is 5.92 Å². The fourth-order valence-corrected chi connectivity index (χ4v) is 2.69. The molecule has 4 nitrogen and oxygen atoms in total. The topological polar surface area (TPSA) is 33.1 Å². The van der Waals surface area contributed by atoms with Gasteiger partial charge in [0, 0.05) is 43.8 Å². The van der Waals surface area contributed by atoms with E-state index in [0.29, 0.717) is 5.92 Å². The van der Waals surface area contributed by atoms with Gasteiger partial charge in [-0.05, 0) is 24.1 Å². The van der Waals surface area contributed by atoms with E-state index in [-0.39, 0.29) is 0 Å². The molecule has 0 unspecified atom stereocenters. The van der Waals surface area contributed by atoms with Crippen LogP contribution in [0.2, 0.25) is 0 Å². The summed E-state index contributed by atoms with van der Waals surface area (Å²) in [5.41, 5.74) is 2.56.